The summed E-state index contributed by atoms with van der Waals surface area (Å²) in [7, 11) is 3.10. The van der Waals surface area contributed by atoms with E-state index in [0.717, 1.165) is 5.56 Å². The molecule has 9 heteroatoms. The smallest absolute Gasteiger partial charge is 0.306 e. The van der Waals surface area contributed by atoms with Gasteiger partial charge in [0.15, 0.2) is 0 Å². The van der Waals surface area contributed by atoms with E-state index in [9.17, 15) is 14.4 Å². The number of para-hydroxylation sites is 1. The normalized spacial score (nSPS) is 15.4. The first kappa shape index (κ1) is 23.5. The van der Waals surface area contributed by atoms with Crippen molar-refractivity contribution in [3.05, 3.63) is 48.0 Å². The van der Waals surface area contributed by atoms with Crippen molar-refractivity contribution in [3.8, 4) is 11.5 Å². The molecule has 32 heavy (non-hydrogen) atoms. The standard InChI is InChI=1S/C23H26N2O6S/c1-4-31-22(28)12-11-20(26)24-17-8-6-5-7-16(17)23-25(21(27)14-32-23)18-10-9-15(29-2)13-19(18)30-3/h5-10,13,23H,4,11-12,14H2,1-3H3,(H,24,26)/t23-/m1/s1. The van der Waals surface area contributed by atoms with E-state index < -0.39 is 5.97 Å². The van der Waals surface area contributed by atoms with Crippen molar-refractivity contribution < 1.29 is 28.6 Å². The van der Waals surface area contributed by atoms with Gasteiger partial charge in [0.25, 0.3) is 0 Å². The summed E-state index contributed by atoms with van der Waals surface area (Å²) in [6.07, 6.45) is 0.0214. The van der Waals surface area contributed by atoms with E-state index in [4.69, 9.17) is 14.2 Å². The van der Waals surface area contributed by atoms with E-state index in [1.54, 1.807) is 50.3 Å². The number of esters is 1. The Morgan fingerprint density at radius 2 is 1.91 bits per heavy atom. The molecule has 1 heterocycles. The van der Waals surface area contributed by atoms with Gasteiger partial charge in [0, 0.05) is 23.7 Å². The summed E-state index contributed by atoms with van der Waals surface area (Å²) in [5.41, 5.74) is 1.99. The lowest BCUT2D eigenvalue weighted by atomic mass is 10.1. The predicted molar refractivity (Wildman–Crippen MR) is 123 cm³/mol. The first-order valence-electron chi connectivity index (χ1n) is 10.2. The molecule has 3 rings (SSSR count). The SMILES string of the molecule is CCOC(=O)CCC(=O)Nc1ccccc1[C@H]1SCC(=O)N1c1ccc(OC)cc1OC. The van der Waals surface area contributed by atoms with Gasteiger partial charge in [0.1, 0.15) is 16.9 Å². The van der Waals surface area contributed by atoms with Gasteiger partial charge < -0.3 is 19.5 Å². The van der Waals surface area contributed by atoms with Gasteiger partial charge in [-0.1, -0.05) is 18.2 Å². The van der Waals surface area contributed by atoms with Crippen molar-refractivity contribution in [1.29, 1.82) is 0 Å². The number of anilines is 2. The maximum Gasteiger partial charge on any atom is 0.306 e. The number of rotatable bonds is 9. The zero-order chi connectivity index (χ0) is 23.1. The number of amides is 2. The molecule has 2 aromatic carbocycles. The Bertz CT molecular complexity index is 996. The number of carbonyl (C=O) groups excluding carboxylic acids is 3. The van der Waals surface area contributed by atoms with Crippen LogP contribution in [0.25, 0.3) is 0 Å². The quantitative estimate of drug-likeness (QED) is 0.572. The maximum absolute atomic E-state index is 12.8. The molecule has 0 aliphatic carbocycles. The molecule has 0 aromatic heterocycles. The van der Waals surface area contributed by atoms with Crippen molar-refractivity contribution in [2.45, 2.75) is 25.1 Å². The maximum atomic E-state index is 12.8. The number of benzene rings is 2. The zero-order valence-electron chi connectivity index (χ0n) is 18.3. The van der Waals surface area contributed by atoms with Crippen LogP contribution in [-0.2, 0) is 19.1 Å². The summed E-state index contributed by atoms with van der Waals surface area (Å²) >= 11 is 1.47. The van der Waals surface area contributed by atoms with Gasteiger partial charge in [-0.3, -0.25) is 19.3 Å². The average molecular weight is 459 g/mol. The van der Waals surface area contributed by atoms with Crippen molar-refractivity contribution in [3.63, 3.8) is 0 Å². The van der Waals surface area contributed by atoms with Crippen LogP contribution in [0.3, 0.4) is 0 Å². The lowest BCUT2D eigenvalue weighted by molar-refractivity contribution is -0.144. The Morgan fingerprint density at radius 3 is 2.62 bits per heavy atom. The van der Waals surface area contributed by atoms with E-state index in [0.29, 0.717) is 28.6 Å². The summed E-state index contributed by atoms with van der Waals surface area (Å²) in [4.78, 5) is 38.5. The van der Waals surface area contributed by atoms with Crippen LogP contribution >= 0.6 is 11.8 Å². The minimum absolute atomic E-state index is 0.00762. The molecular formula is C23H26N2O6S. The van der Waals surface area contributed by atoms with Crippen LogP contribution in [0.5, 0.6) is 11.5 Å². The number of carbonyl (C=O) groups is 3. The summed E-state index contributed by atoms with van der Waals surface area (Å²) in [6.45, 7) is 2.00. The minimum Gasteiger partial charge on any atom is -0.497 e. The number of methoxy groups -OCH3 is 2. The first-order valence-corrected chi connectivity index (χ1v) is 11.2. The Balaban J connectivity index is 1.85. The molecule has 170 valence electrons. The Morgan fingerprint density at radius 1 is 1.12 bits per heavy atom. The van der Waals surface area contributed by atoms with Crippen LogP contribution in [0, 0.1) is 0 Å². The summed E-state index contributed by atoms with van der Waals surface area (Å²) in [5.74, 6) is 0.660. The summed E-state index contributed by atoms with van der Waals surface area (Å²) in [5, 5.41) is 2.51. The first-order chi connectivity index (χ1) is 15.5. The molecule has 2 aromatic rings. The van der Waals surface area contributed by atoms with Crippen molar-refractivity contribution in [2.75, 3.05) is 36.8 Å². The molecule has 0 bridgehead atoms. The van der Waals surface area contributed by atoms with Crippen LogP contribution in [0.4, 0.5) is 11.4 Å². The third kappa shape index (κ3) is 5.34. The molecule has 1 saturated heterocycles. The van der Waals surface area contributed by atoms with E-state index in [1.807, 2.05) is 18.2 Å². The third-order valence-corrected chi connectivity index (χ3v) is 6.07. The lowest BCUT2D eigenvalue weighted by Crippen LogP contribution is -2.29. The Labute approximate surface area is 191 Å². The second-order valence-corrected chi connectivity index (χ2v) is 7.97. The van der Waals surface area contributed by atoms with Gasteiger partial charge in [-0.05, 0) is 25.1 Å². The highest BCUT2D eigenvalue weighted by molar-refractivity contribution is 8.00. The highest BCUT2D eigenvalue weighted by atomic mass is 32.2. The lowest BCUT2D eigenvalue weighted by Gasteiger charge is -2.27. The minimum atomic E-state index is -0.411. The number of thioether (sulfide) groups is 1. The molecule has 1 aliphatic rings. The van der Waals surface area contributed by atoms with Gasteiger partial charge in [0.2, 0.25) is 11.8 Å². The number of nitrogens with one attached hydrogen (secondary N) is 1. The molecule has 1 fully saturated rings. The van der Waals surface area contributed by atoms with Crippen LogP contribution in [0.15, 0.2) is 42.5 Å². The molecule has 1 atom stereocenters. The fraction of sp³-hybridized carbons (Fsp3) is 0.348. The molecule has 2 amide bonds. The van der Waals surface area contributed by atoms with Crippen LogP contribution in [0.2, 0.25) is 0 Å². The highest BCUT2D eigenvalue weighted by Gasteiger charge is 2.37. The second-order valence-electron chi connectivity index (χ2n) is 6.91. The zero-order valence-corrected chi connectivity index (χ0v) is 19.1. The molecule has 0 radical (unpaired) electrons. The van der Waals surface area contributed by atoms with Crippen molar-refractivity contribution >= 4 is 40.9 Å². The van der Waals surface area contributed by atoms with E-state index in [2.05, 4.69) is 5.32 Å². The summed E-state index contributed by atoms with van der Waals surface area (Å²) < 4.78 is 15.6. The molecule has 0 unspecified atom stereocenters. The largest absolute Gasteiger partial charge is 0.497 e. The predicted octanol–water partition coefficient (Wildman–Crippen LogP) is 3.76. The second kappa shape index (κ2) is 10.9. The topological polar surface area (TPSA) is 94.2 Å². The number of hydrogen-bond donors (Lipinski definition) is 1. The third-order valence-electron chi connectivity index (χ3n) is 4.88. The molecule has 0 spiro atoms. The van der Waals surface area contributed by atoms with E-state index in [1.165, 1.54) is 11.8 Å². The van der Waals surface area contributed by atoms with Gasteiger partial charge in [-0.2, -0.15) is 0 Å². The fourth-order valence-corrected chi connectivity index (χ4v) is 4.59. The van der Waals surface area contributed by atoms with Crippen LogP contribution in [0.1, 0.15) is 30.7 Å². The monoisotopic (exact) mass is 458 g/mol. The van der Waals surface area contributed by atoms with E-state index >= 15 is 0 Å². The molecule has 0 saturated carbocycles. The van der Waals surface area contributed by atoms with Crippen molar-refractivity contribution in [2.24, 2.45) is 0 Å². The van der Waals surface area contributed by atoms with Crippen molar-refractivity contribution in [1.82, 2.24) is 0 Å². The van der Waals surface area contributed by atoms with Gasteiger partial charge in [-0.15, -0.1) is 11.8 Å². The number of nitrogens with zero attached hydrogens (tertiary/aromatic N) is 1. The number of hydrogen-bond acceptors (Lipinski definition) is 7. The van der Waals surface area contributed by atoms with E-state index in [-0.39, 0.29) is 36.6 Å². The Hall–Kier alpha value is -3.20. The summed E-state index contributed by atoms with van der Waals surface area (Å²) in [6, 6.07) is 12.6. The van der Waals surface area contributed by atoms with Gasteiger partial charge in [0.05, 0.1) is 38.7 Å². The molecule has 8 nitrogen and oxygen atoms in total. The Kier molecular flexibility index (Phi) is 7.99. The molecule has 1 aliphatic heterocycles. The van der Waals surface area contributed by atoms with Crippen LogP contribution in [-0.4, -0.2) is 44.4 Å². The van der Waals surface area contributed by atoms with Crippen LogP contribution < -0.4 is 19.7 Å². The molecular weight excluding hydrogens is 432 g/mol. The highest BCUT2D eigenvalue weighted by Crippen LogP contribution is 2.47. The molecule has 1 N–H and O–H groups in total. The van der Waals surface area contributed by atoms with Gasteiger partial charge >= 0.3 is 5.97 Å². The fourth-order valence-electron chi connectivity index (χ4n) is 3.39. The van der Waals surface area contributed by atoms with Gasteiger partial charge in [-0.25, -0.2) is 0 Å². The average Bonchev–Trinajstić information content (AvgIpc) is 3.18. The number of ether oxygens (including phenoxy) is 3.